The van der Waals surface area contributed by atoms with Crippen molar-refractivity contribution in [3.63, 3.8) is 0 Å². The van der Waals surface area contributed by atoms with Crippen LogP contribution in [0.15, 0.2) is 48.5 Å². The maximum atomic E-state index is 10.0. The highest BCUT2D eigenvalue weighted by atomic mass is 16.5. The third-order valence-electron chi connectivity index (χ3n) is 7.20. The topological polar surface area (TPSA) is 110 Å². The number of nitrogen functional groups attached to an aromatic ring is 1. The van der Waals surface area contributed by atoms with Crippen molar-refractivity contribution in [2.45, 2.75) is 51.2 Å². The number of rotatable bonds is 10. The molecule has 8 heteroatoms. The summed E-state index contributed by atoms with van der Waals surface area (Å²) in [6, 6.07) is 16.9. The van der Waals surface area contributed by atoms with Crippen LogP contribution in [0.1, 0.15) is 43.7 Å². The van der Waals surface area contributed by atoms with Gasteiger partial charge in [-0.2, -0.15) is 4.98 Å². The summed E-state index contributed by atoms with van der Waals surface area (Å²) in [6.45, 7) is 5.88. The molecular weight excluding hydrogens is 452 g/mol. The van der Waals surface area contributed by atoms with Crippen LogP contribution in [0.2, 0.25) is 0 Å². The van der Waals surface area contributed by atoms with Gasteiger partial charge in [-0.15, -0.1) is 0 Å². The summed E-state index contributed by atoms with van der Waals surface area (Å²) in [7, 11) is 0. The predicted molar refractivity (Wildman–Crippen MR) is 145 cm³/mol. The predicted octanol–water partition coefficient (Wildman–Crippen LogP) is 4.06. The molecule has 0 atom stereocenters. The molecule has 0 spiro atoms. The molecule has 1 saturated heterocycles. The van der Waals surface area contributed by atoms with Gasteiger partial charge >= 0.3 is 0 Å². The number of anilines is 2. The molecule has 0 saturated carbocycles. The number of hydrogen-bond acceptors (Lipinski definition) is 7. The highest BCUT2D eigenvalue weighted by Crippen LogP contribution is 2.33. The van der Waals surface area contributed by atoms with Gasteiger partial charge in [0.15, 0.2) is 5.82 Å². The van der Waals surface area contributed by atoms with E-state index in [2.05, 4.69) is 74.6 Å². The summed E-state index contributed by atoms with van der Waals surface area (Å²) >= 11 is 0. The number of nitrogens with two attached hydrogens (primary N) is 1. The minimum absolute atomic E-state index is 0.119. The van der Waals surface area contributed by atoms with Crippen molar-refractivity contribution in [3.05, 3.63) is 59.7 Å². The van der Waals surface area contributed by atoms with Gasteiger partial charge in [-0.25, -0.2) is 4.98 Å². The average molecular weight is 489 g/mol. The number of aliphatic hydroxyl groups excluding tert-OH is 1. The fourth-order valence-corrected chi connectivity index (χ4v) is 5.08. The number of fused-ring (bicyclic) bond motifs is 3. The lowest BCUT2D eigenvalue weighted by atomic mass is 9.90. The van der Waals surface area contributed by atoms with Gasteiger partial charge in [0, 0.05) is 43.8 Å². The van der Waals surface area contributed by atoms with Gasteiger partial charge in [0.1, 0.15) is 11.0 Å². The molecule has 0 aliphatic carbocycles. The second-order valence-corrected chi connectivity index (χ2v) is 9.74. The van der Waals surface area contributed by atoms with Gasteiger partial charge in [0.2, 0.25) is 5.95 Å². The molecule has 5 rings (SSSR count). The molecule has 190 valence electrons. The lowest BCUT2D eigenvalue weighted by molar-refractivity contribution is 0.0111. The minimum atomic E-state index is -0.266. The van der Waals surface area contributed by atoms with E-state index >= 15 is 0 Å². The molecule has 36 heavy (non-hydrogen) atoms. The molecule has 5 N–H and O–H groups in total. The van der Waals surface area contributed by atoms with Crippen LogP contribution in [0.5, 0.6) is 0 Å². The van der Waals surface area contributed by atoms with Crippen molar-refractivity contribution in [2.75, 3.05) is 37.4 Å². The number of aromatic nitrogens is 3. The zero-order chi connectivity index (χ0) is 25.0. The average Bonchev–Trinajstić information content (AvgIpc) is 3.22. The van der Waals surface area contributed by atoms with Gasteiger partial charge in [0.25, 0.3) is 0 Å². The molecule has 0 bridgehead atoms. The number of nitrogens with zero attached hydrogens (tertiary/aromatic N) is 3. The van der Waals surface area contributed by atoms with Gasteiger partial charge in [-0.05, 0) is 36.5 Å². The lowest BCUT2D eigenvalue weighted by Crippen LogP contribution is -2.51. The Hall–Kier alpha value is -3.20. The van der Waals surface area contributed by atoms with Crippen LogP contribution in [0.4, 0.5) is 11.8 Å². The van der Waals surface area contributed by atoms with Crippen molar-refractivity contribution in [2.24, 2.45) is 0 Å². The molecule has 4 aromatic rings. The Labute approximate surface area is 211 Å². The largest absolute Gasteiger partial charge is 0.394 e. The van der Waals surface area contributed by atoms with Crippen LogP contribution in [-0.2, 0) is 17.8 Å². The number of benzene rings is 2. The molecule has 0 radical (unpaired) electrons. The maximum Gasteiger partial charge on any atom is 0.222 e. The highest BCUT2D eigenvalue weighted by molar-refractivity contribution is 6.09. The number of unbranched alkanes of at least 4 members (excludes halogenated alkanes) is 1. The van der Waals surface area contributed by atoms with E-state index in [1.807, 2.05) is 6.07 Å². The minimum Gasteiger partial charge on any atom is -0.394 e. The molecular formula is C28H36N6O2. The first-order valence-corrected chi connectivity index (χ1v) is 12.9. The zero-order valence-electron chi connectivity index (χ0n) is 21.0. The molecule has 2 aromatic heterocycles. The summed E-state index contributed by atoms with van der Waals surface area (Å²) in [5, 5.41) is 18.2. The van der Waals surface area contributed by atoms with E-state index in [1.165, 1.54) is 11.1 Å². The van der Waals surface area contributed by atoms with Gasteiger partial charge < -0.3 is 30.8 Å². The van der Waals surface area contributed by atoms with Crippen molar-refractivity contribution < 1.29 is 9.84 Å². The Morgan fingerprint density at radius 2 is 1.89 bits per heavy atom. The molecule has 1 aliphatic rings. The van der Waals surface area contributed by atoms with Crippen LogP contribution >= 0.6 is 0 Å². The molecule has 8 nitrogen and oxygen atoms in total. The second-order valence-electron chi connectivity index (χ2n) is 9.74. The van der Waals surface area contributed by atoms with E-state index in [9.17, 15) is 5.11 Å². The first kappa shape index (κ1) is 24.5. The summed E-state index contributed by atoms with van der Waals surface area (Å²) < 4.78 is 7.79. The summed E-state index contributed by atoms with van der Waals surface area (Å²) in [6.07, 6.45) is 3.80. The summed E-state index contributed by atoms with van der Waals surface area (Å²) in [5.74, 6) is 1.06. The van der Waals surface area contributed by atoms with Crippen molar-refractivity contribution >= 4 is 33.7 Å². The number of nitrogens with one attached hydrogen (secondary N) is 2. The summed E-state index contributed by atoms with van der Waals surface area (Å²) in [5.41, 5.74) is 11.2. The van der Waals surface area contributed by atoms with Crippen LogP contribution in [0.3, 0.4) is 0 Å². The first-order chi connectivity index (χ1) is 17.6. The summed E-state index contributed by atoms with van der Waals surface area (Å²) in [4.78, 5) is 9.21. The molecule has 3 heterocycles. The SMILES string of the molecule is CCCCNc1nc(N)nc2c3ccccc3n(Cc3cccc(CNC4(CO)CCOCC4)c3)c12. The lowest BCUT2D eigenvalue weighted by Gasteiger charge is -2.36. The van der Waals surface area contributed by atoms with E-state index in [4.69, 9.17) is 10.5 Å². The fraction of sp³-hybridized carbons (Fsp3) is 0.429. The number of hydrogen-bond donors (Lipinski definition) is 4. The standard InChI is InChI=1S/C28H36N6O2/c1-2-3-13-30-26-25-24(32-27(29)33-26)22-9-4-5-10-23(22)34(25)18-21-8-6-7-20(16-21)17-31-28(19-35)11-14-36-15-12-28/h4-10,16,31,35H,2-3,11-15,17-19H2,1H3,(H3,29,30,32,33). The van der Waals surface area contributed by atoms with Crippen molar-refractivity contribution in [3.8, 4) is 0 Å². The molecule has 0 amide bonds. The Morgan fingerprint density at radius 1 is 1.08 bits per heavy atom. The third kappa shape index (κ3) is 5.02. The number of ether oxygens (including phenoxy) is 1. The van der Waals surface area contributed by atoms with Crippen LogP contribution in [0.25, 0.3) is 21.9 Å². The Kier molecular flexibility index (Phi) is 7.36. The van der Waals surface area contributed by atoms with E-state index in [1.54, 1.807) is 0 Å². The monoisotopic (exact) mass is 488 g/mol. The van der Waals surface area contributed by atoms with Crippen LogP contribution < -0.4 is 16.4 Å². The Balaban J connectivity index is 1.47. The quantitative estimate of drug-likeness (QED) is 0.249. The second kappa shape index (κ2) is 10.8. The van der Waals surface area contributed by atoms with Crippen LogP contribution in [-0.4, -0.2) is 51.5 Å². The Morgan fingerprint density at radius 3 is 2.69 bits per heavy atom. The molecule has 1 fully saturated rings. The first-order valence-electron chi connectivity index (χ1n) is 12.9. The van der Waals surface area contributed by atoms with Gasteiger partial charge in [-0.1, -0.05) is 55.8 Å². The molecule has 1 aliphatic heterocycles. The zero-order valence-corrected chi connectivity index (χ0v) is 21.0. The molecule has 0 unspecified atom stereocenters. The van der Waals surface area contributed by atoms with Gasteiger partial charge in [-0.3, -0.25) is 0 Å². The number of aliphatic hydroxyl groups is 1. The third-order valence-corrected chi connectivity index (χ3v) is 7.20. The van der Waals surface area contributed by atoms with Gasteiger partial charge in [0.05, 0.1) is 12.1 Å². The normalized spacial score (nSPS) is 15.5. The van der Waals surface area contributed by atoms with Crippen LogP contribution in [0, 0.1) is 0 Å². The van der Waals surface area contributed by atoms with E-state index < -0.39 is 0 Å². The van der Waals surface area contributed by atoms with E-state index in [-0.39, 0.29) is 18.1 Å². The van der Waals surface area contributed by atoms with Crippen molar-refractivity contribution in [1.29, 1.82) is 0 Å². The fourth-order valence-electron chi connectivity index (χ4n) is 5.08. The van der Waals surface area contributed by atoms with E-state index in [0.717, 1.165) is 60.0 Å². The van der Waals surface area contributed by atoms with E-state index in [0.29, 0.717) is 26.3 Å². The Bertz CT molecular complexity index is 1330. The smallest absolute Gasteiger partial charge is 0.222 e. The van der Waals surface area contributed by atoms with Crippen molar-refractivity contribution in [1.82, 2.24) is 19.9 Å². The molecule has 2 aromatic carbocycles. The highest BCUT2D eigenvalue weighted by Gasteiger charge is 2.31. The maximum absolute atomic E-state index is 10.0. The number of para-hydroxylation sites is 1.